The van der Waals surface area contributed by atoms with E-state index >= 15 is 0 Å². The van der Waals surface area contributed by atoms with Crippen molar-refractivity contribution >= 4 is 6.09 Å². The molecule has 0 aliphatic carbocycles. The van der Waals surface area contributed by atoms with Gasteiger partial charge in [0.05, 0.1) is 18.3 Å². The van der Waals surface area contributed by atoms with E-state index in [0.29, 0.717) is 5.92 Å². The van der Waals surface area contributed by atoms with E-state index in [-0.39, 0.29) is 12.1 Å². The van der Waals surface area contributed by atoms with E-state index in [1.54, 1.807) is 0 Å². The molecule has 1 aliphatic heterocycles. The van der Waals surface area contributed by atoms with Gasteiger partial charge >= 0.3 is 6.09 Å². The predicted molar refractivity (Wildman–Crippen MR) is 82.1 cm³/mol. The van der Waals surface area contributed by atoms with Crippen molar-refractivity contribution in [3.63, 3.8) is 0 Å². The van der Waals surface area contributed by atoms with Gasteiger partial charge in [0.25, 0.3) is 0 Å². The van der Waals surface area contributed by atoms with E-state index in [2.05, 4.69) is 12.0 Å². The van der Waals surface area contributed by atoms with Gasteiger partial charge in [0.15, 0.2) is 0 Å². The number of aryl methyl sites for hydroxylation is 1. The normalized spacial score (nSPS) is 23.2. The fourth-order valence-electron chi connectivity index (χ4n) is 2.72. The molecule has 0 bridgehead atoms. The van der Waals surface area contributed by atoms with E-state index in [1.165, 1.54) is 0 Å². The number of hydrogen-bond acceptors (Lipinski definition) is 3. The maximum atomic E-state index is 12.4. The Morgan fingerprint density at radius 3 is 2.71 bits per heavy atom. The molecule has 1 aromatic heterocycles. The minimum Gasteiger partial charge on any atom is -0.444 e. The highest BCUT2D eigenvalue weighted by atomic mass is 16.6. The Hall–Kier alpha value is -1.52. The van der Waals surface area contributed by atoms with E-state index in [4.69, 9.17) is 4.74 Å². The van der Waals surface area contributed by atoms with Crippen LogP contribution in [-0.4, -0.2) is 39.0 Å². The summed E-state index contributed by atoms with van der Waals surface area (Å²) >= 11 is 0. The van der Waals surface area contributed by atoms with Gasteiger partial charge in [0, 0.05) is 12.7 Å². The largest absolute Gasteiger partial charge is 0.444 e. The second-order valence-electron chi connectivity index (χ2n) is 7.15. The molecule has 1 aromatic rings. The van der Waals surface area contributed by atoms with Crippen LogP contribution in [0.25, 0.3) is 0 Å². The molecule has 0 radical (unpaired) electrons. The van der Waals surface area contributed by atoms with Crippen molar-refractivity contribution in [3.05, 3.63) is 18.0 Å². The molecular weight excluding hydrogens is 266 g/mol. The van der Waals surface area contributed by atoms with Crippen LogP contribution in [0.1, 0.15) is 46.2 Å². The highest BCUT2D eigenvalue weighted by molar-refractivity contribution is 5.68. The van der Waals surface area contributed by atoms with Crippen molar-refractivity contribution in [1.82, 2.24) is 14.7 Å². The van der Waals surface area contributed by atoms with Crippen LogP contribution in [0, 0.1) is 12.8 Å². The highest BCUT2D eigenvalue weighted by Crippen LogP contribution is 2.25. The first-order valence-electron chi connectivity index (χ1n) is 7.74. The number of likely N-dealkylation sites (tertiary alicyclic amines) is 1. The molecule has 0 spiro atoms. The molecule has 2 heterocycles. The quantitative estimate of drug-likeness (QED) is 0.841. The second kappa shape index (κ2) is 6.08. The molecule has 1 fully saturated rings. The molecule has 1 aliphatic rings. The van der Waals surface area contributed by atoms with Crippen LogP contribution >= 0.6 is 0 Å². The lowest BCUT2D eigenvalue weighted by Crippen LogP contribution is -2.50. The van der Waals surface area contributed by atoms with Crippen molar-refractivity contribution in [2.45, 2.75) is 65.6 Å². The Morgan fingerprint density at radius 1 is 1.43 bits per heavy atom. The molecular formula is C16H27N3O2. The first-order valence-corrected chi connectivity index (χ1v) is 7.74. The first kappa shape index (κ1) is 15.9. The molecule has 0 saturated carbocycles. The molecule has 0 aromatic carbocycles. The van der Waals surface area contributed by atoms with E-state index in [9.17, 15) is 4.79 Å². The smallest absolute Gasteiger partial charge is 0.410 e. The van der Waals surface area contributed by atoms with E-state index < -0.39 is 5.60 Å². The minimum atomic E-state index is -0.454. The monoisotopic (exact) mass is 293 g/mol. The Kier molecular flexibility index (Phi) is 4.59. The summed E-state index contributed by atoms with van der Waals surface area (Å²) in [4.78, 5) is 14.3. The summed E-state index contributed by atoms with van der Waals surface area (Å²) in [6.07, 6.45) is 3.91. The Balaban J connectivity index is 2.07. The predicted octanol–water partition coefficient (Wildman–Crippen LogP) is 3.23. The van der Waals surface area contributed by atoms with Crippen molar-refractivity contribution in [1.29, 1.82) is 0 Å². The lowest BCUT2D eigenvalue weighted by atomic mass is 9.94. The Labute approximate surface area is 127 Å². The molecule has 0 N–H and O–H groups in total. The minimum absolute atomic E-state index is 0.162. The molecule has 0 unspecified atom stereocenters. The standard InChI is InChI=1S/C16H27N3O2/c1-12-6-7-14(11-18-9-8-13(2)17-18)19(10-12)15(20)21-16(3,4)5/h8-9,12,14H,6-7,10-11H2,1-5H3/t12-,14+/m0/s1. The second-order valence-corrected chi connectivity index (χ2v) is 7.15. The van der Waals surface area contributed by atoms with Crippen molar-refractivity contribution in [2.24, 2.45) is 5.92 Å². The van der Waals surface area contributed by atoms with Gasteiger partial charge in [-0.2, -0.15) is 5.10 Å². The fourth-order valence-corrected chi connectivity index (χ4v) is 2.72. The van der Waals surface area contributed by atoms with Gasteiger partial charge in [0.1, 0.15) is 5.60 Å². The maximum absolute atomic E-state index is 12.4. The number of rotatable bonds is 2. The molecule has 21 heavy (non-hydrogen) atoms. The molecule has 118 valence electrons. The number of amides is 1. The van der Waals surface area contributed by atoms with Crippen molar-refractivity contribution < 1.29 is 9.53 Å². The molecule has 5 heteroatoms. The van der Waals surface area contributed by atoms with Gasteiger partial charge in [-0.3, -0.25) is 4.68 Å². The molecule has 1 saturated heterocycles. The number of ether oxygens (including phenoxy) is 1. The number of carbonyl (C=O) groups is 1. The summed E-state index contributed by atoms with van der Waals surface area (Å²) in [5.74, 6) is 0.521. The summed E-state index contributed by atoms with van der Waals surface area (Å²) in [6.45, 7) is 11.4. The molecule has 2 rings (SSSR count). The van der Waals surface area contributed by atoms with Crippen LogP contribution in [0.15, 0.2) is 12.3 Å². The molecule has 1 amide bonds. The summed E-state index contributed by atoms with van der Waals surface area (Å²) in [6, 6.07) is 2.15. The average Bonchev–Trinajstić information content (AvgIpc) is 2.75. The number of piperidine rings is 1. The average molecular weight is 293 g/mol. The number of aromatic nitrogens is 2. The Morgan fingerprint density at radius 2 is 2.14 bits per heavy atom. The van der Waals surface area contributed by atoms with Crippen LogP contribution < -0.4 is 0 Å². The fraction of sp³-hybridized carbons (Fsp3) is 0.750. The van der Waals surface area contributed by atoms with E-state index in [1.807, 2.05) is 49.5 Å². The van der Waals surface area contributed by atoms with Crippen LogP contribution in [0.4, 0.5) is 4.79 Å². The topological polar surface area (TPSA) is 47.4 Å². The van der Waals surface area contributed by atoms with Gasteiger partial charge in [0.2, 0.25) is 0 Å². The number of nitrogens with zero attached hydrogens (tertiary/aromatic N) is 3. The van der Waals surface area contributed by atoms with Crippen LogP contribution in [-0.2, 0) is 11.3 Å². The third-order valence-corrected chi connectivity index (χ3v) is 3.74. The third-order valence-electron chi connectivity index (χ3n) is 3.74. The third kappa shape index (κ3) is 4.48. The SMILES string of the molecule is Cc1ccn(C[C@H]2CC[C@H](C)CN2C(=O)OC(C)(C)C)n1. The zero-order chi connectivity index (χ0) is 15.6. The number of carbonyl (C=O) groups excluding carboxylic acids is 1. The summed E-state index contributed by atoms with van der Waals surface area (Å²) in [7, 11) is 0. The first-order chi connectivity index (χ1) is 9.74. The summed E-state index contributed by atoms with van der Waals surface area (Å²) in [5.41, 5.74) is 0.549. The zero-order valence-corrected chi connectivity index (χ0v) is 13.8. The van der Waals surface area contributed by atoms with Gasteiger partial charge < -0.3 is 9.64 Å². The Bertz CT molecular complexity index is 490. The van der Waals surface area contributed by atoms with Crippen molar-refractivity contribution in [2.75, 3.05) is 6.54 Å². The molecule has 2 atom stereocenters. The lowest BCUT2D eigenvalue weighted by Gasteiger charge is -2.39. The summed E-state index contributed by atoms with van der Waals surface area (Å²) in [5, 5.41) is 4.43. The number of hydrogen-bond donors (Lipinski definition) is 0. The van der Waals surface area contributed by atoms with Gasteiger partial charge in [-0.1, -0.05) is 6.92 Å². The van der Waals surface area contributed by atoms with Gasteiger partial charge in [-0.25, -0.2) is 4.79 Å². The van der Waals surface area contributed by atoms with Crippen LogP contribution in [0.5, 0.6) is 0 Å². The highest BCUT2D eigenvalue weighted by Gasteiger charge is 2.33. The van der Waals surface area contributed by atoms with Gasteiger partial charge in [-0.05, 0) is 52.5 Å². The molecule has 5 nitrogen and oxygen atoms in total. The maximum Gasteiger partial charge on any atom is 0.410 e. The van der Waals surface area contributed by atoms with Crippen molar-refractivity contribution in [3.8, 4) is 0 Å². The lowest BCUT2D eigenvalue weighted by molar-refractivity contribution is 0.00128. The summed E-state index contributed by atoms with van der Waals surface area (Å²) < 4.78 is 7.48. The van der Waals surface area contributed by atoms with Crippen LogP contribution in [0.2, 0.25) is 0 Å². The zero-order valence-electron chi connectivity index (χ0n) is 13.8. The van der Waals surface area contributed by atoms with Crippen LogP contribution in [0.3, 0.4) is 0 Å². The van der Waals surface area contributed by atoms with Gasteiger partial charge in [-0.15, -0.1) is 0 Å². The van der Waals surface area contributed by atoms with E-state index in [0.717, 1.165) is 31.6 Å².